The van der Waals surface area contributed by atoms with Crippen molar-refractivity contribution < 1.29 is 13.9 Å². The summed E-state index contributed by atoms with van der Waals surface area (Å²) in [5, 5.41) is 0. The summed E-state index contributed by atoms with van der Waals surface area (Å²) in [6.45, 7) is 2.33. The van der Waals surface area contributed by atoms with Gasteiger partial charge < -0.3 is 14.4 Å². The Morgan fingerprint density at radius 2 is 1.78 bits per heavy atom. The second-order valence-corrected chi connectivity index (χ2v) is 4.16. The zero-order chi connectivity index (χ0) is 13.4. The number of nitrogens with zero attached hydrogens (tertiary/aromatic N) is 1. The molecule has 0 N–H and O–H groups in total. The van der Waals surface area contributed by atoms with Gasteiger partial charge in [-0.25, -0.2) is 4.39 Å². The van der Waals surface area contributed by atoms with E-state index in [2.05, 4.69) is 0 Å². The van der Waals surface area contributed by atoms with E-state index in [1.165, 1.54) is 6.07 Å². The molecule has 0 saturated carbocycles. The van der Waals surface area contributed by atoms with Crippen LogP contribution in [0.15, 0.2) is 18.2 Å². The Morgan fingerprint density at radius 3 is 2.22 bits per heavy atom. The third-order valence-electron chi connectivity index (χ3n) is 2.64. The van der Waals surface area contributed by atoms with Gasteiger partial charge in [0.25, 0.3) is 0 Å². The highest BCUT2D eigenvalue weighted by molar-refractivity contribution is 6.17. The molecule has 0 aromatic heterocycles. The van der Waals surface area contributed by atoms with Gasteiger partial charge in [-0.05, 0) is 17.7 Å². The van der Waals surface area contributed by atoms with Crippen molar-refractivity contribution in [2.75, 3.05) is 45.4 Å². The van der Waals surface area contributed by atoms with Crippen LogP contribution in [-0.4, -0.2) is 40.5 Å². The lowest BCUT2D eigenvalue weighted by Gasteiger charge is -2.24. The van der Waals surface area contributed by atoms with Crippen LogP contribution in [0.5, 0.6) is 0 Å². The van der Waals surface area contributed by atoms with Gasteiger partial charge in [0, 0.05) is 33.2 Å². The van der Waals surface area contributed by atoms with Gasteiger partial charge in [-0.1, -0.05) is 6.07 Å². The van der Waals surface area contributed by atoms with Gasteiger partial charge in [-0.2, -0.15) is 0 Å². The Balaban J connectivity index is 2.82. The summed E-state index contributed by atoms with van der Waals surface area (Å²) in [5.74, 6) is 0.0493. The number of benzene rings is 1. The number of hydrogen-bond acceptors (Lipinski definition) is 3. The number of anilines is 1. The SMILES string of the molecule is COCCN(CCOC)c1ccc(CCl)cc1F. The van der Waals surface area contributed by atoms with Crippen molar-refractivity contribution in [2.45, 2.75) is 5.88 Å². The number of alkyl halides is 1. The Hall–Kier alpha value is -0.840. The molecule has 0 aliphatic carbocycles. The zero-order valence-corrected chi connectivity index (χ0v) is 11.5. The third kappa shape index (κ3) is 4.44. The van der Waals surface area contributed by atoms with Crippen LogP contribution >= 0.6 is 11.6 Å². The van der Waals surface area contributed by atoms with Crippen LogP contribution in [0, 0.1) is 5.82 Å². The van der Waals surface area contributed by atoms with E-state index in [-0.39, 0.29) is 5.82 Å². The molecule has 0 fully saturated rings. The molecule has 0 unspecified atom stereocenters. The average molecular weight is 276 g/mol. The van der Waals surface area contributed by atoms with E-state index < -0.39 is 0 Å². The topological polar surface area (TPSA) is 21.7 Å². The monoisotopic (exact) mass is 275 g/mol. The second kappa shape index (κ2) is 8.29. The van der Waals surface area contributed by atoms with Gasteiger partial charge >= 0.3 is 0 Å². The molecular weight excluding hydrogens is 257 g/mol. The number of ether oxygens (including phenoxy) is 2. The van der Waals surface area contributed by atoms with Gasteiger partial charge in [0.05, 0.1) is 18.9 Å². The van der Waals surface area contributed by atoms with E-state index in [1.54, 1.807) is 20.3 Å². The molecule has 0 saturated heterocycles. The van der Waals surface area contributed by atoms with Crippen molar-refractivity contribution in [1.29, 1.82) is 0 Å². The number of rotatable bonds is 8. The van der Waals surface area contributed by atoms with E-state index in [4.69, 9.17) is 21.1 Å². The first-order valence-corrected chi connectivity index (χ1v) is 6.33. The first-order valence-electron chi connectivity index (χ1n) is 5.80. The maximum absolute atomic E-state index is 14.0. The van der Waals surface area contributed by atoms with Crippen LogP contribution in [-0.2, 0) is 15.4 Å². The molecule has 0 aliphatic rings. The predicted molar refractivity (Wildman–Crippen MR) is 71.9 cm³/mol. The molecule has 0 spiro atoms. The largest absolute Gasteiger partial charge is 0.383 e. The summed E-state index contributed by atoms with van der Waals surface area (Å²) in [5.41, 5.74) is 1.33. The fourth-order valence-corrected chi connectivity index (χ4v) is 1.81. The Morgan fingerprint density at radius 1 is 1.17 bits per heavy atom. The Bertz CT molecular complexity index is 355. The second-order valence-electron chi connectivity index (χ2n) is 3.89. The van der Waals surface area contributed by atoms with Crippen molar-refractivity contribution in [3.05, 3.63) is 29.6 Å². The van der Waals surface area contributed by atoms with Crippen LogP contribution in [0.1, 0.15) is 5.56 Å². The molecule has 0 aliphatic heterocycles. The fourth-order valence-electron chi connectivity index (χ4n) is 1.65. The number of hydrogen-bond donors (Lipinski definition) is 0. The van der Waals surface area contributed by atoms with Gasteiger partial charge in [0.15, 0.2) is 0 Å². The highest BCUT2D eigenvalue weighted by Gasteiger charge is 2.11. The summed E-state index contributed by atoms with van der Waals surface area (Å²) < 4.78 is 24.0. The smallest absolute Gasteiger partial charge is 0.146 e. The van der Waals surface area contributed by atoms with Crippen LogP contribution in [0.2, 0.25) is 0 Å². The quantitative estimate of drug-likeness (QED) is 0.681. The van der Waals surface area contributed by atoms with Gasteiger partial charge in [0.2, 0.25) is 0 Å². The first kappa shape index (κ1) is 15.2. The minimum atomic E-state index is -0.264. The third-order valence-corrected chi connectivity index (χ3v) is 2.95. The molecule has 5 heteroatoms. The van der Waals surface area contributed by atoms with E-state index in [1.807, 2.05) is 11.0 Å². The van der Waals surface area contributed by atoms with E-state index in [9.17, 15) is 4.39 Å². The molecule has 0 bridgehead atoms. The van der Waals surface area contributed by atoms with Crippen LogP contribution in [0.25, 0.3) is 0 Å². The molecule has 0 amide bonds. The summed E-state index contributed by atoms with van der Waals surface area (Å²) in [7, 11) is 3.25. The predicted octanol–water partition coefficient (Wildman–Crippen LogP) is 2.66. The first-order chi connectivity index (χ1) is 8.72. The van der Waals surface area contributed by atoms with Crippen LogP contribution < -0.4 is 4.90 Å². The molecule has 102 valence electrons. The summed E-state index contributed by atoms with van der Waals surface area (Å²) in [6.07, 6.45) is 0. The maximum atomic E-state index is 14.0. The molecule has 3 nitrogen and oxygen atoms in total. The van der Waals surface area contributed by atoms with E-state index in [0.717, 1.165) is 5.56 Å². The maximum Gasteiger partial charge on any atom is 0.146 e. The molecule has 0 heterocycles. The van der Waals surface area contributed by atoms with Crippen molar-refractivity contribution in [3.8, 4) is 0 Å². The highest BCUT2D eigenvalue weighted by atomic mass is 35.5. The van der Waals surface area contributed by atoms with Crippen LogP contribution in [0.3, 0.4) is 0 Å². The minimum absolute atomic E-state index is 0.264. The molecular formula is C13H19ClFNO2. The number of methoxy groups -OCH3 is 2. The lowest BCUT2D eigenvalue weighted by Crippen LogP contribution is -2.31. The van der Waals surface area contributed by atoms with Gasteiger partial charge in [0.1, 0.15) is 5.82 Å². The van der Waals surface area contributed by atoms with Crippen molar-refractivity contribution in [1.82, 2.24) is 0 Å². The van der Waals surface area contributed by atoms with E-state index in [0.29, 0.717) is 37.9 Å². The molecule has 1 aromatic carbocycles. The lowest BCUT2D eigenvalue weighted by molar-refractivity contribution is 0.190. The molecule has 1 aromatic rings. The standard InChI is InChI=1S/C13H19ClFNO2/c1-17-7-5-16(6-8-18-2)13-4-3-11(10-14)9-12(13)15/h3-4,9H,5-8,10H2,1-2H3. The molecule has 1 rings (SSSR count). The molecule has 18 heavy (non-hydrogen) atoms. The van der Waals surface area contributed by atoms with Crippen molar-refractivity contribution >= 4 is 17.3 Å². The average Bonchev–Trinajstić information content (AvgIpc) is 2.39. The number of halogens is 2. The fraction of sp³-hybridized carbons (Fsp3) is 0.538. The van der Waals surface area contributed by atoms with Crippen molar-refractivity contribution in [3.63, 3.8) is 0 Å². The summed E-state index contributed by atoms with van der Waals surface area (Å²) in [6, 6.07) is 5.05. The highest BCUT2D eigenvalue weighted by Crippen LogP contribution is 2.21. The van der Waals surface area contributed by atoms with Gasteiger partial charge in [-0.3, -0.25) is 0 Å². The Kier molecular flexibility index (Phi) is 7.01. The molecule has 0 radical (unpaired) electrons. The zero-order valence-electron chi connectivity index (χ0n) is 10.8. The Labute approximate surface area is 112 Å². The summed E-state index contributed by atoms with van der Waals surface area (Å²) in [4.78, 5) is 1.90. The van der Waals surface area contributed by atoms with Gasteiger partial charge in [-0.15, -0.1) is 11.6 Å². The minimum Gasteiger partial charge on any atom is -0.383 e. The lowest BCUT2D eigenvalue weighted by atomic mass is 10.2. The summed E-state index contributed by atoms with van der Waals surface area (Å²) >= 11 is 5.68. The normalized spacial score (nSPS) is 10.7. The molecule has 0 atom stereocenters. The van der Waals surface area contributed by atoms with E-state index >= 15 is 0 Å². The van der Waals surface area contributed by atoms with Crippen LogP contribution in [0.4, 0.5) is 10.1 Å². The van der Waals surface area contributed by atoms with Crippen molar-refractivity contribution in [2.24, 2.45) is 0 Å².